The van der Waals surface area contributed by atoms with Crippen molar-refractivity contribution in [1.29, 1.82) is 0 Å². The highest BCUT2D eigenvalue weighted by Gasteiger charge is 2.27. The van der Waals surface area contributed by atoms with Gasteiger partial charge in [0.25, 0.3) is 0 Å². The molecule has 5 nitrogen and oxygen atoms in total. The van der Waals surface area contributed by atoms with Gasteiger partial charge >= 0.3 is 0 Å². The van der Waals surface area contributed by atoms with Crippen molar-refractivity contribution in [2.45, 2.75) is 19.3 Å². The van der Waals surface area contributed by atoms with Crippen LogP contribution in [0.2, 0.25) is 0 Å². The van der Waals surface area contributed by atoms with E-state index in [1.165, 1.54) is 16.6 Å². The molecule has 1 aliphatic rings. The van der Waals surface area contributed by atoms with Crippen molar-refractivity contribution in [3.63, 3.8) is 0 Å². The number of methoxy groups -OCH3 is 2. The Hall–Kier alpha value is -2.95. The lowest BCUT2D eigenvalue weighted by Gasteiger charge is -2.22. The standard InChI is InChI=1S/C21H22N2O3/c1-25-14-8-10-20(26-2)19(12-14)23-21(24)13-7-9-18-16(11-13)15-5-3-4-6-17(15)22-18/h3-6,8,10,12-13,22H,7,9,11H2,1-2H3,(H,23,24). The summed E-state index contributed by atoms with van der Waals surface area (Å²) in [6.07, 6.45) is 2.47. The number of amides is 1. The molecule has 1 atom stereocenters. The van der Waals surface area contributed by atoms with Gasteiger partial charge in [-0.1, -0.05) is 18.2 Å². The number of aromatic nitrogens is 1. The molecular formula is C21H22N2O3. The summed E-state index contributed by atoms with van der Waals surface area (Å²) in [5, 5.41) is 4.24. The van der Waals surface area contributed by atoms with Crippen LogP contribution in [0.1, 0.15) is 17.7 Å². The zero-order valence-corrected chi connectivity index (χ0v) is 15.0. The number of para-hydroxylation sites is 1. The fourth-order valence-corrected chi connectivity index (χ4v) is 3.74. The molecule has 1 heterocycles. The lowest BCUT2D eigenvalue weighted by Crippen LogP contribution is -2.28. The number of hydrogen-bond acceptors (Lipinski definition) is 3. The minimum Gasteiger partial charge on any atom is -0.497 e. The summed E-state index contributed by atoms with van der Waals surface area (Å²) in [5.41, 5.74) is 4.31. The van der Waals surface area contributed by atoms with Crippen LogP contribution in [0.15, 0.2) is 42.5 Å². The molecule has 1 amide bonds. The van der Waals surface area contributed by atoms with Crippen molar-refractivity contribution in [1.82, 2.24) is 4.98 Å². The van der Waals surface area contributed by atoms with E-state index in [-0.39, 0.29) is 11.8 Å². The predicted molar refractivity (Wildman–Crippen MR) is 102 cm³/mol. The van der Waals surface area contributed by atoms with Crippen LogP contribution in [-0.2, 0) is 17.6 Å². The lowest BCUT2D eigenvalue weighted by atomic mass is 9.86. The number of nitrogens with one attached hydrogen (secondary N) is 2. The second-order valence-corrected chi connectivity index (χ2v) is 6.62. The molecular weight excluding hydrogens is 328 g/mol. The van der Waals surface area contributed by atoms with Gasteiger partial charge < -0.3 is 19.8 Å². The highest BCUT2D eigenvalue weighted by molar-refractivity contribution is 5.95. The quantitative estimate of drug-likeness (QED) is 0.749. The molecule has 0 spiro atoms. The molecule has 0 saturated carbocycles. The van der Waals surface area contributed by atoms with E-state index in [1.807, 2.05) is 18.2 Å². The van der Waals surface area contributed by atoms with Crippen molar-refractivity contribution in [3.8, 4) is 11.5 Å². The number of benzene rings is 2. The summed E-state index contributed by atoms with van der Waals surface area (Å²) in [6, 6.07) is 13.7. The summed E-state index contributed by atoms with van der Waals surface area (Å²) >= 11 is 0. The Morgan fingerprint density at radius 1 is 1.15 bits per heavy atom. The first kappa shape index (κ1) is 16.5. The minimum atomic E-state index is -0.0578. The summed E-state index contributed by atoms with van der Waals surface area (Å²) in [7, 11) is 3.20. The lowest BCUT2D eigenvalue weighted by molar-refractivity contribution is -0.120. The molecule has 2 aromatic carbocycles. The first-order valence-corrected chi connectivity index (χ1v) is 8.81. The van der Waals surface area contributed by atoms with Crippen molar-refractivity contribution >= 4 is 22.5 Å². The Morgan fingerprint density at radius 2 is 2.00 bits per heavy atom. The van der Waals surface area contributed by atoms with Gasteiger partial charge in [-0.3, -0.25) is 4.79 Å². The van der Waals surface area contributed by atoms with Crippen LogP contribution in [0, 0.1) is 5.92 Å². The maximum absolute atomic E-state index is 12.9. The average molecular weight is 350 g/mol. The first-order valence-electron chi connectivity index (χ1n) is 8.81. The molecule has 1 aromatic heterocycles. The molecule has 0 saturated heterocycles. The summed E-state index contributed by atoms with van der Waals surface area (Å²) in [6.45, 7) is 0. The van der Waals surface area contributed by atoms with E-state index in [9.17, 15) is 4.79 Å². The molecule has 26 heavy (non-hydrogen) atoms. The summed E-state index contributed by atoms with van der Waals surface area (Å²) in [4.78, 5) is 16.4. The number of fused-ring (bicyclic) bond motifs is 3. The number of rotatable bonds is 4. The van der Waals surface area contributed by atoms with Crippen molar-refractivity contribution in [3.05, 3.63) is 53.7 Å². The van der Waals surface area contributed by atoms with E-state index in [0.717, 1.165) is 24.8 Å². The number of carbonyl (C=O) groups is 1. The molecule has 3 aromatic rings. The maximum atomic E-state index is 12.9. The van der Waals surface area contributed by atoms with E-state index < -0.39 is 0 Å². The van der Waals surface area contributed by atoms with Gasteiger partial charge in [0, 0.05) is 28.6 Å². The third-order valence-corrected chi connectivity index (χ3v) is 5.13. The highest BCUT2D eigenvalue weighted by Crippen LogP contribution is 2.34. The van der Waals surface area contributed by atoms with Gasteiger partial charge in [-0.2, -0.15) is 0 Å². The Bertz CT molecular complexity index is 961. The van der Waals surface area contributed by atoms with E-state index in [0.29, 0.717) is 17.2 Å². The molecule has 0 bridgehead atoms. The number of aryl methyl sites for hydroxylation is 1. The Balaban J connectivity index is 1.57. The SMILES string of the molecule is COc1ccc(OC)c(NC(=O)C2CCc3[nH]c4ccccc4c3C2)c1. The third kappa shape index (κ3) is 2.90. The van der Waals surface area contributed by atoms with Gasteiger partial charge in [0.1, 0.15) is 11.5 Å². The molecule has 1 unspecified atom stereocenters. The van der Waals surface area contributed by atoms with Crippen molar-refractivity contribution in [2.75, 3.05) is 19.5 Å². The Morgan fingerprint density at radius 3 is 2.81 bits per heavy atom. The molecule has 0 aliphatic heterocycles. The van der Waals surface area contributed by atoms with E-state index in [2.05, 4.69) is 22.4 Å². The van der Waals surface area contributed by atoms with Crippen LogP contribution >= 0.6 is 0 Å². The largest absolute Gasteiger partial charge is 0.497 e. The number of ether oxygens (including phenoxy) is 2. The fourth-order valence-electron chi connectivity index (χ4n) is 3.74. The topological polar surface area (TPSA) is 63.4 Å². The minimum absolute atomic E-state index is 0.0208. The zero-order valence-electron chi connectivity index (χ0n) is 15.0. The van der Waals surface area contributed by atoms with Crippen LogP contribution in [0.4, 0.5) is 5.69 Å². The van der Waals surface area contributed by atoms with Crippen LogP contribution in [-0.4, -0.2) is 25.1 Å². The number of hydrogen-bond donors (Lipinski definition) is 2. The first-order chi connectivity index (χ1) is 12.7. The van der Waals surface area contributed by atoms with Crippen molar-refractivity contribution < 1.29 is 14.3 Å². The van der Waals surface area contributed by atoms with Crippen LogP contribution in [0.3, 0.4) is 0 Å². The average Bonchev–Trinajstić information content (AvgIpc) is 3.05. The molecule has 134 valence electrons. The molecule has 2 N–H and O–H groups in total. The summed E-state index contributed by atoms with van der Waals surface area (Å²) < 4.78 is 10.6. The smallest absolute Gasteiger partial charge is 0.227 e. The van der Waals surface area contributed by atoms with E-state index in [4.69, 9.17) is 9.47 Å². The molecule has 4 rings (SSSR count). The van der Waals surface area contributed by atoms with Gasteiger partial charge in [-0.15, -0.1) is 0 Å². The number of aromatic amines is 1. The molecule has 0 radical (unpaired) electrons. The van der Waals surface area contributed by atoms with Crippen LogP contribution in [0.5, 0.6) is 11.5 Å². The fraction of sp³-hybridized carbons (Fsp3) is 0.286. The molecule has 5 heteroatoms. The summed E-state index contributed by atoms with van der Waals surface area (Å²) in [5.74, 6) is 1.27. The van der Waals surface area contributed by atoms with Gasteiger partial charge in [-0.25, -0.2) is 0 Å². The third-order valence-electron chi connectivity index (χ3n) is 5.13. The Kier molecular flexibility index (Phi) is 4.29. The van der Waals surface area contributed by atoms with Gasteiger partial charge in [0.2, 0.25) is 5.91 Å². The predicted octanol–water partition coefficient (Wildman–Crippen LogP) is 3.93. The molecule has 1 aliphatic carbocycles. The normalized spacial score (nSPS) is 16.2. The second-order valence-electron chi connectivity index (χ2n) is 6.62. The van der Waals surface area contributed by atoms with Gasteiger partial charge in [0.15, 0.2) is 0 Å². The Labute approximate surface area is 152 Å². The zero-order chi connectivity index (χ0) is 18.1. The maximum Gasteiger partial charge on any atom is 0.227 e. The van der Waals surface area contributed by atoms with Crippen molar-refractivity contribution in [2.24, 2.45) is 5.92 Å². The molecule has 0 fully saturated rings. The number of H-pyrrole nitrogens is 1. The second kappa shape index (κ2) is 6.75. The number of anilines is 1. The van der Waals surface area contributed by atoms with Gasteiger partial charge in [0.05, 0.1) is 19.9 Å². The van der Waals surface area contributed by atoms with Crippen LogP contribution < -0.4 is 14.8 Å². The van der Waals surface area contributed by atoms with Gasteiger partial charge in [-0.05, 0) is 43.0 Å². The van der Waals surface area contributed by atoms with E-state index in [1.54, 1.807) is 26.4 Å². The highest BCUT2D eigenvalue weighted by atomic mass is 16.5. The van der Waals surface area contributed by atoms with Crippen LogP contribution in [0.25, 0.3) is 10.9 Å². The number of carbonyl (C=O) groups excluding carboxylic acids is 1. The van der Waals surface area contributed by atoms with E-state index >= 15 is 0 Å². The monoisotopic (exact) mass is 350 g/mol.